The molecule has 1 nitrogen and oxygen atoms in total. The number of anilines is 1. The van der Waals surface area contributed by atoms with Crippen LogP contribution < -0.4 is 4.90 Å². The van der Waals surface area contributed by atoms with Gasteiger partial charge in [-0.05, 0) is 47.2 Å². The summed E-state index contributed by atoms with van der Waals surface area (Å²) in [6, 6.07) is 6.47. The Hall–Kier alpha value is -0.250. The van der Waals surface area contributed by atoms with Crippen LogP contribution in [0.3, 0.4) is 0 Å². The standard InChI is InChI=1S/C9H12IN/c1-7-4-5-8(10)6-9(7)11(2)3/h4-6H,1-3H3. The Kier molecular flexibility index (Phi) is 2.76. The molecule has 1 aromatic carbocycles. The van der Waals surface area contributed by atoms with Gasteiger partial charge in [0, 0.05) is 23.4 Å². The van der Waals surface area contributed by atoms with Gasteiger partial charge in [-0.25, -0.2) is 0 Å². The molecule has 0 saturated carbocycles. The van der Waals surface area contributed by atoms with Crippen molar-refractivity contribution in [2.24, 2.45) is 0 Å². The van der Waals surface area contributed by atoms with Crippen molar-refractivity contribution in [2.45, 2.75) is 6.92 Å². The van der Waals surface area contributed by atoms with E-state index in [1.54, 1.807) is 0 Å². The molecule has 0 fully saturated rings. The molecular weight excluding hydrogens is 249 g/mol. The fraction of sp³-hybridized carbons (Fsp3) is 0.333. The summed E-state index contributed by atoms with van der Waals surface area (Å²) in [5.74, 6) is 0. The van der Waals surface area contributed by atoms with E-state index in [1.807, 2.05) is 0 Å². The Labute approximate surface area is 81.5 Å². The smallest absolute Gasteiger partial charge is 0.0401 e. The molecule has 0 aliphatic heterocycles. The van der Waals surface area contributed by atoms with Crippen molar-refractivity contribution in [1.29, 1.82) is 0 Å². The third-order valence-corrected chi connectivity index (χ3v) is 2.32. The van der Waals surface area contributed by atoms with Crippen molar-refractivity contribution in [1.82, 2.24) is 0 Å². The lowest BCUT2D eigenvalue weighted by Gasteiger charge is -2.15. The molecule has 0 unspecified atom stereocenters. The second-order valence-corrected chi connectivity index (χ2v) is 4.07. The quantitative estimate of drug-likeness (QED) is 0.702. The molecule has 0 radical (unpaired) electrons. The Balaban J connectivity index is 3.13. The van der Waals surface area contributed by atoms with E-state index in [4.69, 9.17) is 0 Å². The van der Waals surface area contributed by atoms with Gasteiger partial charge in [0.25, 0.3) is 0 Å². The zero-order valence-electron chi connectivity index (χ0n) is 7.06. The van der Waals surface area contributed by atoms with Gasteiger partial charge in [0.05, 0.1) is 0 Å². The first-order chi connectivity index (χ1) is 5.11. The van der Waals surface area contributed by atoms with E-state index in [0.29, 0.717) is 0 Å². The van der Waals surface area contributed by atoms with Crippen molar-refractivity contribution >= 4 is 28.3 Å². The fourth-order valence-electron chi connectivity index (χ4n) is 1.06. The zero-order valence-corrected chi connectivity index (χ0v) is 9.21. The maximum atomic E-state index is 2.33. The van der Waals surface area contributed by atoms with E-state index in [2.05, 4.69) is 66.7 Å². The van der Waals surface area contributed by atoms with Crippen molar-refractivity contribution in [3.63, 3.8) is 0 Å². The number of aryl methyl sites for hydroxylation is 1. The fourth-order valence-corrected chi connectivity index (χ4v) is 1.54. The second-order valence-electron chi connectivity index (χ2n) is 2.83. The molecule has 0 aromatic heterocycles. The van der Waals surface area contributed by atoms with Gasteiger partial charge >= 0.3 is 0 Å². The van der Waals surface area contributed by atoms with Crippen LogP contribution in [0.25, 0.3) is 0 Å². The largest absolute Gasteiger partial charge is 0.377 e. The molecule has 0 aliphatic rings. The van der Waals surface area contributed by atoms with Gasteiger partial charge < -0.3 is 4.90 Å². The number of halogens is 1. The average Bonchev–Trinajstić information content (AvgIpc) is 1.94. The molecule has 0 aliphatic carbocycles. The molecule has 0 heterocycles. The molecule has 0 bridgehead atoms. The number of hydrogen-bond acceptors (Lipinski definition) is 1. The number of nitrogens with zero attached hydrogens (tertiary/aromatic N) is 1. The number of rotatable bonds is 1. The third kappa shape index (κ3) is 2.09. The Bertz CT molecular complexity index is 256. The second kappa shape index (κ2) is 3.43. The Morgan fingerprint density at radius 3 is 2.36 bits per heavy atom. The first-order valence-corrected chi connectivity index (χ1v) is 4.62. The normalized spacial score (nSPS) is 9.82. The van der Waals surface area contributed by atoms with E-state index in [1.165, 1.54) is 14.8 Å². The Morgan fingerprint density at radius 2 is 1.91 bits per heavy atom. The number of benzene rings is 1. The van der Waals surface area contributed by atoms with Gasteiger partial charge in [0.1, 0.15) is 0 Å². The predicted molar refractivity (Wildman–Crippen MR) is 58.2 cm³/mol. The topological polar surface area (TPSA) is 3.24 Å². The van der Waals surface area contributed by atoms with Crippen molar-refractivity contribution in [3.05, 3.63) is 27.3 Å². The monoisotopic (exact) mass is 261 g/mol. The van der Waals surface area contributed by atoms with Crippen molar-refractivity contribution in [3.8, 4) is 0 Å². The molecule has 1 aromatic rings. The molecular formula is C9H12IN. The molecule has 60 valence electrons. The maximum absolute atomic E-state index is 2.33. The zero-order chi connectivity index (χ0) is 8.43. The van der Waals surface area contributed by atoms with E-state index < -0.39 is 0 Å². The first kappa shape index (κ1) is 8.84. The highest BCUT2D eigenvalue weighted by Crippen LogP contribution is 2.19. The van der Waals surface area contributed by atoms with Crippen LogP contribution in [-0.4, -0.2) is 14.1 Å². The summed E-state index contributed by atoms with van der Waals surface area (Å²) >= 11 is 2.33. The van der Waals surface area contributed by atoms with E-state index in [0.717, 1.165) is 0 Å². The lowest BCUT2D eigenvalue weighted by Crippen LogP contribution is -2.10. The predicted octanol–water partition coefficient (Wildman–Crippen LogP) is 2.67. The van der Waals surface area contributed by atoms with Crippen LogP contribution in [0.1, 0.15) is 5.56 Å². The highest BCUT2D eigenvalue weighted by Gasteiger charge is 1.99. The van der Waals surface area contributed by atoms with Gasteiger partial charge in [0.15, 0.2) is 0 Å². The minimum atomic E-state index is 1.29. The summed E-state index contributed by atoms with van der Waals surface area (Å²) in [6.45, 7) is 2.13. The highest BCUT2D eigenvalue weighted by molar-refractivity contribution is 14.1. The molecule has 11 heavy (non-hydrogen) atoms. The highest BCUT2D eigenvalue weighted by atomic mass is 127. The number of hydrogen-bond donors (Lipinski definition) is 0. The summed E-state index contributed by atoms with van der Waals surface area (Å²) in [5, 5.41) is 0. The minimum Gasteiger partial charge on any atom is -0.377 e. The molecule has 1 rings (SSSR count). The minimum absolute atomic E-state index is 1.29. The van der Waals surface area contributed by atoms with Crippen molar-refractivity contribution in [2.75, 3.05) is 19.0 Å². The summed E-state index contributed by atoms with van der Waals surface area (Å²) in [6.07, 6.45) is 0. The molecule has 0 atom stereocenters. The molecule has 0 saturated heterocycles. The molecule has 0 amide bonds. The van der Waals surface area contributed by atoms with Crippen LogP contribution in [-0.2, 0) is 0 Å². The average molecular weight is 261 g/mol. The van der Waals surface area contributed by atoms with Crippen LogP contribution in [0.2, 0.25) is 0 Å². The summed E-state index contributed by atoms with van der Waals surface area (Å²) in [5.41, 5.74) is 2.63. The lowest BCUT2D eigenvalue weighted by molar-refractivity contribution is 1.11. The molecule has 0 N–H and O–H groups in total. The molecule has 0 spiro atoms. The van der Waals surface area contributed by atoms with Crippen LogP contribution in [0.15, 0.2) is 18.2 Å². The first-order valence-electron chi connectivity index (χ1n) is 3.55. The van der Waals surface area contributed by atoms with E-state index in [9.17, 15) is 0 Å². The van der Waals surface area contributed by atoms with Crippen LogP contribution in [0.4, 0.5) is 5.69 Å². The van der Waals surface area contributed by atoms with Crippen molar-refractivity contribution < 1.29 is 0 Å². The van der Waals surface area contributed by atoms with Gasteiger partial charge in [-0.2, -0.15) is 0 Å². The third-order valence-electron chi connectivity index (χ3n) is 1.65. The van der Waals surface area contributed by atoms with Gasteiger partial charge in [-0.1, -0.05) is 6.07 Å². The van der Waals surface area contributed by atoms with Gasteiger partial charge in [0.2, 0.25) is 0 Å². The summed E-state index contributed by atoms with van der Waals surface area (Å²) < 4.78 is 1.29. The molecule has 2 heteroatoms. The van der Waals surface area contributed by atoms with E-state index in [-0.39, 0.29) is 0 Å². The van der Waals surface area contributed by atoms with Crippen LogP contribution >= 0.6 is 22.6 Å². The van der Waals surface area contributed by atoms with Gasteiger partial charge in [-0.15, -0.1) is 0 Å². The Morgan fingerprint density at radius 1 is 1.27 bits per heavy atom. The van der Waals surface area contributed by atoms with Crippen LogP contribution in [0.5, 0.6) is 0 Å². The summed E-state index contributed by atoms with van der Waals surface area (Å²) in [7, 11) is 4.14. The maximum Gasteiger partial charge on any atom is 0.0401 e. The summed E-state index contributed by atoms with van der Waals surface area (Å²) in [4.78, 5) is 2.14. The SMILES string of the molecule is Cc1ccc(I)cc1N(C)C. The van der Waals surface area contributed by atoms with Gasteiger partial charge in [-0.3, -0.25) is 0 Å². The lowest BCUT2D eigenvalue weighted by atomic mass is 10.2. The van der Waals surface area contributed by atoms with E-state index >= 15 is 0 Å². The van der Waals surface area contributed by atoms with Crippen LogP contribution in [0, 0.1) is 10.5 Å².